The molecule has 0 rings (SSSR count). The molecule has 11 heavy (non-hydrogen) atoms. The summed E-state index contributed by atoms with van der Waals surface area (Å²) < 4.78 is 0. The van der Waals surface area contributed by atoms with Crippen molar-refractivity contribution in [3.8, 4) is 0 Å². The molecule has 0 saturated carbocycles. The lowest BCUT2D eigenvalue weighted by atomic mass is 10.2. The molecular formula is C8H13ClN2. The summed E-state index contributed by atoms with van der Waals surface area (Å²) in [4.78, 5) is 3.91. The normalized spacial score (nSPS) is 13.4. The van der Waals surface area contributed by atoms with Crippen LogP contribution < -0.4 is 5.73 Å². The van der Waals surface area contributed by atoms with Gasteiger partial charge in [0.15, 0.2) is 0 Å². The SMILES string of the molecule is C=CC(Cl)=N/C=C(\CC)CN. The molecule has 0 atom stereocenters. The van der Waals surface area contributed by atoms with Crippen LogP contribution in [0.5, 0.6) is 0 Å². The van der Waals surface area contributed by atoms with Crippen molar-refractivity contribution in [3.05, 3.63) is 24.4 Å². The number of rotatable bonds is 4. The molecule has 0 aromatic rings. The smallest absolute Gasteiger partial charge is 0.128 e. The van der Waals surface area contributed by atoms with Crippen molar-refractivity contribution in [3.63, 3.8) is 0 Å². The topological polar surface area (TPSA) is 38.4 Å². The summed E-state index contributed by atoms with van der Waals surface area (Å²) in [7, 11) is 0. The molecule has 0 amide bonds. The van der Waals surface area contributed by atoms with Crippen LogP contribution in [0.2, 0.25) is 0 Å². The van der Waals surface area contributed by atoms with E-state index in [2.05, 4.69) is 11.6 Å². The Hall–Kier alpha value is -0.600. The first-order valence-corrected chi connectivity index (χ1v) is 3.86. The van der Waals surface area contributed by atoms with Gasteiger partial charge in [0, 0.05) is 12.7 Å². The van der Waals surface area contributed by atoms with E-state index in [1.165, 1.54) is 6.08 Å². The summed E-state index contributed by atoms with van der Waals surface area (Å²) in [6.07, 6.45) is 4.08. The monoisotopic (exact) mass is 172 g/mol. The fraction of sp³-hybridized carbons (Fsp3) is 0.375. The Labute approximate surface area is 72.5 Å². The lowest BCUT2D eigenvalue weighted by Gasteiger charge is -1.95. The molecule has 0 bridgehead atoms. The summed E-state index contributed by atoms with van der Waals surface area (Å²) in [6, 6.07) is 0. The Morgan fingerprint density at radius 2 is 2.36 bits per heavy atom. The molecule has 62 valence electrons. The highest BCUT2D eigenvalue weighted by atomic mass is 35.5. The van der Waals surface area contributed by atoms with Crippen LogP contribution in [0.25, 0.3) is 0 Å². The van der Waals surface area contributed by atoms with Gasteiger partial charge in [0.05, 0.1) is 0 Å². The van der Waals surface area contributed by atoms with E-state index in [0.29, 0.717) is 11.7 Å². The maximum Gasteiger partial charge on any atom is 0.128 e. The molecule has 2 N–H and O–H groups in total. The maximum atomic E-state index is 5.57. The van der Waals surface area contributed by atoms with E-state index < -0.39 is 0 Å². The molecule has 3 heteroatoms. The van der Waals surface area contributed by atoms with Crippen molar-refractivity contribution in [2.24, 2.45) is 10.7 Å². The number of halogens is 1. The Morgan fingerprint density at radius 1 is 1.73 bits per heavy atom. The van der Waals surface area contributed by atoms with Crippen LogP contribution in [0.3, 0.4) is 0 Å². The van der Waals surface area contributed by atoms with Crippen LogP contribution >= 0.6 is 11.6 Å². The molecule has 0 aliphatic rings. The van der Waals surface area contributed by atoms with Crippen molar-refractivity contribution in [2.75, 3.05) is 6.54 Å². The third-order valence-electron chi connectivity index (χ3n) is 1.26. The van der Waals surface area contributed by atoms with E-state index >= 15 is 0 Å². The van der Waals surface area contributed by atoms with Gasteiger partial charge in [-0.1, -0.05) is 25.1 Å². The van der Waals surface area contributed by atoms with Crippen molar-refractivity contribution < 1.29 is 0 Å². The number of allylic oxidation sites excluding steroid dienone is 1. The van der Waals surface area contributed by atoms with Crippen LogP contribution in [0.15, 0.2) is 29.4 Å². The molecule has 0 aromatic heterocycles. The third-order valence-corrected chi connectivity index (χ3v) is 1.51. The van der Waals surface area contributed by atoms with E-state index in [4.69, 9.17) is 17.3 Å². The molecule has 0 unspecified atom stereocenters. The molecule has 0 aliphatic carbocycles. The average Bonchev–Trinajstić information content (AvgIpc) is 2.06. The molecule has 0 fully saturated rings. The van der Waals surface area contributed by atoms with Gasteiger partial charge in [0.1, 0.15) is 5.17 Å². The lowest BCUT2D eigenvalue weighted by molar-refractivity contribution is 0.999. The summed E-state index contributed by atoms with van der Waals surface area (Å²) in [6.45, 7) is 6.02. The van der Waals surface area contributed by atoms with Crippen molar-refractivity contribution in [1.29, 1.82) is 0 Å². The van der Waals surface area contributed by atoms with Crippen LogP contribution in [-0.2, 0) is 0 Å². The lowest BCUT2D eigenvalue weighted by Crippen LogP contribution is -2.01. The second kappa shape index (κ2) is 6.13. The number of hydrogen-bond acceptors (Lipinski definition) is 2. The molecule has 2 nitrogen and oxygen atoms in total. The van der Waals surface area contributed by atoms with Crippen LogP contribution in [0.4, 0.5) is 0 Å². The minimum atomic E-state index is 0.393. The largest absolute Gasteiger partial charge is 0.327 e. The zero-order valence-corrected chi connectivity index (χ0v) is 7.43. The van der Waals surface area contributed by atoms with E-state index in [1.54, 1.807) is 6.20 Å². The summed E-state index contributed by atoms with van der Waals surface area (Å²) >= 11 is 5.57. The minimum Gasteiger partial charge on any atom is -0.327 e. The molecule has 0 aliphatic heterocycles. The van der Waals surface area contributed by atoms with Crippen molar-refractivity contribution in [2.45, 2.75) is 13.3 Å². The van der Waals surface area contributed by atoms with E-state index in [1.807, 2.05) is 6.92 Å². The highest BCUT2D eigenvalue weighted by Gasteiger charge is 1.87. The highest BCUT2D eigenvalue weighted by molar-refractivity contribution is 6.68. The van der Waals surface area contributed by atoms with Crippen molar-refractivity contribution in [1.82, 2.24) is 0 Å². The number of nitrogens with two attached hydrogens (primary N) is 1. The Bertz CT molecular complexity index is 177. The number of hydrogen-bond donors (Lipinski definition) is 1. The predicted molar refractivity (Wildman–Crippen MR) is 50.9 cm³/mol. The summed E-state index contributed by atoms with van der Waals surface area (Å²) in [5, 5.41) is 0.393. The number of aliphatic imine (C=N–C) groups is 1. The molecule has 0 aromatic carbocycles. The van der Waals surface area contributed by atoms with E-state index in [-0.39, 0.29) is 0 Å². The van der Waals surface area contributed by atoms with Crippen LogP contribution in [-0.4, -0.2) is 11.7 Å². The Morgan fingerprint density at radius 3 is 2.73 bits per heavy atom. The van der Waals surface area contributed by atoms with Gasteiger partial charge in [0.25, 0.3) is 0 Å². The van der Waals surface area contributed by atoms with Gasteiger partial charge in [-0.3, -0.25) is 0 Å². The first-order valence-electron chi connectivity index (χ1n) is 3.48. The molecule has 0 saturated heterocycles. The standard InChI is InChI=1S/C8H13ClN2/c1-3-7(5-10)6-11-8(9)4-2/h4,6H,2-3,5,10H2,1H3/b7-6+,11-8?. The second-order valence-corrected chi connectivity index (χ2v) is 2.39. The first kappa shape index (κ1) is 10.4. The van der Waals surface area contributed by atoms with Gasteiger partial charge in [-0.05, 0) is 18.1 Å². The van der Waals surface area contributed by atoms with Gasteiger partial charge in [-0.25, -0.2) is 4.99 Å². The third kappa shape index (κ3) is 4.76. The molecule has 0 spiro atoms. The molecular weight excluding hydrogens is 160 g/mol. The minimum absolute atomic E-state index is 0.393. The first-order chi connectivity index (χ1) is 5.24. The molecule has 0 heterocycles. The van der Waals surface area contributed by atoms with Gasteiger partial charge >= 0.3 is 0 Å². The fourth-order valence-electron chi connectivity index (χ4n) is 0.494. The average molecular weight is 173 g/mol. The zero-order valence-electron chi connectivity index (χ0n) is 6.68. The zero-order chi connectivity index (χ0) is 8.69. The van der Waals surface area contributed by atoms with Crippen LogP contribution in [0, 0.1) is 0 Å². The van der Waals surface area contributed by atoms with Gasteiger partial charge in [-0.15, -0.1) is 0 Å². The van der Waals surface area contributed by atoms with Crippen LogP contribution in [0.1, 0.15) is 13.3 Å². The second-order valence-electron chi connectivity index (χ2n) is 2.00. The predicted octanol–water partition coefficient (Wildman–Crippen LogP) is 2.06. The van der Waals surface area contributed by atoms with E-state index in [9.17, 15) is 0 Å². The highest BCUT2D eigenvalue weighted by Crippen LogP contribution is 1.98. The fourth-order valence-corrected chi connectivity index (χ4v) is 0.543. The summed E-state index contributed by atoms with van der Waals surface area (Å²) in [5.74, 6) is 0. The number of nitrogens with zero attached hydrogens (tertiary/aromatic N) is 1. The van der Waals surface area contributed by atoms with Gasteiger partial charge < -0.3 is 5.73 Å². The quantitative estimate of drug-likeness (QED) is 0.648. The Balaban J connectivity index is 4.17. The van der Waals surface area contributed by atoms with Gasteiger partial charge in [0.2, 0.25) is 0 Å². The van der Waals surface area contributed by atoms with Gasteiger partial charge in [-0.2, -0.15) is 0 Å². The van der Waals surface area contributed by atoms with E-state index in [0.717, 1.165) is 12.0 Å². The van der Waals surface area contributed by atoms with Crippen molar-refractivity contribution >= 4 is 16.8 Å². The maximum absolute atomic E-state index is 5.57. The summed E-state index contributed by atoms with van der Waals surface area (Å²) in [5.41, 5.74) is 6.48. The molecule has 0 radical (unpaired) electrons. The Kier molecular flexibility index (Phi) is 5.80.